The standard InChI is InChI=1S/C20H24N4O4/c25-18-4-3-16(19(26)22-18)24-15-2-1-13(12-5-7-21-8-6-12)9-17(15)23(20(24)27)14-10-28-11-14/h1-2,9,12,14,16,21H,3-8,10-11H2,(H,22,25,26). The second-order valence-corrected chi connectivity index (χ2v) is 7.95. The number of hydrogen-bond acceptors (Lipinski definition) is 5. The largest absolute Gasteiger partial charge is 0.377 e. The summed E-state index contributed by atoms with van der Waals surface area (Å²) >= 11 is 0. The van der Waals surface area contributed by atoms with Gasteiger partial charge in [-0.15, -0.1) is 0 Å². The summed E-state index contributed by atoms with van der Waals surface area (Å²) in [4.78, 5) is 37.3. The maximum atomic E-state index is 13.3. The first-order chi connectivity index (χ1) is 13.6. The lowest BCUT2D eigenvalue weighted by molar-refractivity contribution is -0.135. The Labute approximate surface area is 161 Å². The summed E-state index contributed by atoms with van der Waals surface area (Å²) in [5, 5.41) is 5.76. The molecular weight excluding hydrogens is 360 g/mol. The van der Waals surface area contributed by atoms with E-state index in [1.54, 1.807) is 9.13 Å². The van der Waals surface area contributed by atoms with Crippen LogP contribution in [0, 0.1) is 0 Å². The molecule has 8 nitrogen and oxygen atoms in total. The van der Waals surface area contributed by atoms with E-state index in [1.165, 1.54) is 5.56 Å². The molecule has 2 aromatic rings. The van der Waals surface area contributed by atoms with Crippen LogP contribution in [0.4, 0.5) is 0 Å². The number of benzene rings is 1. The van der Waals surface area contributed by atoms with Crippen molar-refractivity contribution in [2.45, 2.75) is 43.7 Å². The molecule has 3 aliphatic heterocycles. The Bertz CT molecular complexity index is 998. The van der Waals surface area contributed by atoms with Crippen molar-refractivity contribution in [2.75, 3.05) is 26.3 Å². The Morgan fingerprint density at radius 3 is 2.43 bits per heavy atom. The molecule has 0 saturated carbocycles. The second kappa shape index (κ2) is 6.86. The van der Waals surface area contributed by atoms with Crippen molar-refractivity contribution in [3.05, 3.63) is 34.2 Å². The number of rotatable bonds is 3. The van der Waals surface area contributed by atoms with Crippen molar-refractivity contribution >= 4 is 22.8 Å². The number of carbonyl (C=O) groups is 2. The first-order valence-corrected chi connectivity index (χ1v) is 10.0. The van der Waals surface area contributed by atoms with Crippen molar-refractivity contribution in [2.24, 2.45) is 0 Å². The lowest BCUT2D eigenvalue weighted by atomic mass is 9.90. The predicted octanol–water partition coefficient (Wildman–Crippen LogP) is 0.819. The number of nitrogens with zero attached hydrogens (tertiary/aromatic N) is 2. The Balaban J connectivity index is 1.64. The third-order valence-corrected chi connectivity index (χ3v) is 6.25. The average Bonchev–Trinajstić information content (AvgIpc) is 2.93. The first kappa shape index (κ1) is 17.6. The quantitative estimate of drug-likeness (QED) is 0.764. The van der Waals surface area contributed by atoms with Crippen LogP contribution in [0.15, 0.2) is 23.0 Å². The first-order valence-electron chi connectivity index (χ1n) is 10.0. The Morgan fingerprint density at radius 2 is 1.75 bits per heavy atom. The normalized spacial score (nSPS) is 24.4. The molecule has 2 N–H and O–H groups in total. The summed E-state index contributed by atoms with van der Waals surface area (Å²) in [5.41, 5.74) is 2.66. The molecule has 5 rings (SSSR count). The van der Waals surface area contributed by atoms with Crippen molar-refractivity contribution in [3.8, 4) is 0 Å². The average molecular weight is 384 g/mol. The minimum absolute atomic E-state index is 0.00666. The van der Waals surface area contributed by atoms with Crippen LogP contribution in [-0.4, -0.2) is 47.3 Å². The van der Waals surface area contributed by atoms with Crippen LogP contribution in [0.1, 0.15) is 49.2 Å². The van der Waals surface area contributed by atoms with E-state index < -0.39 is 11.9 Å². The molecule has 1 aromatic heterocycles. The van der Waals surface area contributed by atoms with E-state index in [9.17, 15) is 14.4 Å². The minimum atomic E-state index is -0.653. The van der Waals surface area contributed by atoms with Crippen LogP contribution in [0.25, 0.3) is 11.0 Å². The van der Waals surface area contributed by atoms with Gasteiger partial charge < -0.3 is 10.1 Å². The fourth-order valence-corrected chi connectivity index (χ4v) is 4.62. The molecule has 2 amide bonds. The highest BCUT2D eigenvalue weighted by Gasteiger charge is 2.34. The van der Waals surface area contributed by atoms with Crippen molar-refractivity contribution in [1.29, 1.82) is 0 Å². The number of nitrogens with one attached hydrogen (secondary N) is 2. The van der Waals surface area contributed by atoms with Crippen LogP contribution in [0.3, 0.4) is 0 Å². The van der Waals surface area contributed by atoms with Crippen molar-refractivity contribution < 1.29 is 14.3 Å². The van der Waals surface area contributed by atoms with Gasteiger partial charge in [-0.1, -0.05) is 6.07 Å². The molecule has 3 fully saturated rings. The van der Waals surface area contributed by atoms with Gasteiger partial charge in [-0.25, -0.2) is 4.79 Å². The lowest BCUT2D eigenvalue weighted by Crippen LogP contribution is -2.45. The maximum Gasteiger partial charge on any atom is 0.330 e. The Hall–Kier alpha value is -2.45. The highest BCUT2D eigenvalue weighted by Crippen LogP contribution is 2.32. The van der Waals surface area contributed by atoms with Crippen LogP contribution in [-0.2, 0) is 14.3 Å². The molecule has 0 radical (unpaired) electrons. The summed E-state index contributed by atoms with van der Waals surface area (Å²) in [6, 6.07) is 5.51. The van der Waals surface area contributed by atoms with E-state index in [4.69, 9.17) is 4.74 Å². The number of hydrogen-bond donors (Lipinski definition) is 2. The van der Waals surface area contributed by atoms with Crippen molar-refractivity contribution in [1.82, 2.24) is 19.8 Å². The zero-order chi connectivity index (χ0) is 19.3. The summed E-state index contributed by atoms with van der Waals surface area (Å²) in [6.07, 6.45) is 2.75. The van der Waals surface area contributed by atoms with Crippen LogP contribution in [0.2, 0.25) is 0 Å². The third kappa shape index (κ3) is 2.79. The van der Waals surface area contributed by atoms with Gasteiger partial charge in [0, 0.05) is 6.42 Å². The molecular formula is C20H24N4O4. The number of fused-ring (bicyclic) bond motifs is 1. The highest BCUT2D eigenvalue weighted by molar-refractivity contribution is 6.00. The number of imide groups is 1. The fraction of sp³-hybridized carbons (Fsp3) is 0.550. The lowest BCUT2D eigenvalue weighted by Gasteiger charge is -2.27. The molecule has 8 heteroatoms. The van der Waals surface area contributed by atoms with E-state index >= 15 is 0 Å². The molecule has 148 valence electrons. The van der Waals surface area contributed by atoms with Gasteiger partial charge in [-0.3, -0.25) is 24.0 Å². The minimum Gasteiger partial charge on any atom is -0.377 e. The molecule has 1 unspecified atom stereocenters. The fourth-order valence-electron chi connectivity index (χ4n) is 4.62. The molecule has 0 bridgehead atoms. The molecule has 1 aromatic carbocycles. The number of piperidine rings is 2. The van der Waals surface area contributed by atoms with Gasteiger partial charge in [-0.2, -0.15) is 0 Å². The zero-order valence-corrected chi connectivity index (χ0v) is 15.6. The van der Waals surface area contributed by atoms with Gasteiger partial charge in [-0.05, 0) is 56.0 Å². The van der Waals surface area contributed by atoms with Gasteiger partial charge in [0.2, 0.25) is 11.8 Å². The van der Waals surface area contributed by atoms with Gasteiger partial charge in [0.25, 0.3) is 0 Å². The molecule has 3 aliphatic rings. The second-order valence-electron chi connectivity index (χ2n) is 7.95. The molecule has 1 atom stereocenters. The zero-order valence-electron chi connectivity index (χ0n) is 15.6. The van der Waals surface area contributed by atoms with E-state index in [-0.39, 0.29) is 24.1 Å². The smallest absolute Gasteiger partial charge is 0.330 e. The van der Waals surface area contributed by atoms with Crippen LogP contribution in [0.5, 0.6) is 0 Å². The molecule has 3 saturated heterocycles. The third-order valence-electron chi connectivity index (χ3n) is 6.25. The Kier molecular flexibility index (Phi) is 4.32. The van der Waals surface area contributed by atoms with Crippen LogP contribution < -0.4 is 16.3 Å². The number of ether oxygens (including phenoxy) is 1. The van der Waals surface area contributed by atoms with Crippen molar-refractivity contribution in [3.63, 3.8) is 0 Å². The molecule has 0 spiro atoms. The highest BCUT2D eigenvalue weighted by atomic mass is 16.5. The number of carbonyl (C=O) groups excluding carboxylic acids is 2. The SMILES string of the molecule is O=C1CCC(n2c(=O)n(C3COC3)c3cc(C4CCNCC4)ccc32)C(=O)N1. The Morgan fingerprint density at radius 1 is 0.964 bits per heavy atom. The number of aromatic nitrogens is 2. The van der Waals surface area contributed by atoms with Gasteiger partial charge in [0.05, 0.1) is 30.3 Å². The summed E-state index contributed by atoms with van der Waals surface area (Å²) < 4.78 is 8.68. The summed E-state index contributed by atoms with van der Waals surface area (Å²) in [7, 11) is 0. The van der Waals surface area contributed by atoms with E-state index in [0.29, 0.717) is 25.6 Å². The number of imidazole rings is 1. The van der Waals surface area contributed by atoms with Gasteiger partial charge in [0.1, 0.15) is 6.04 Å². The number of amides is 2. The molecule has 28 heavy (non-hydrogen) atoms. The topological polar surface area (TPSA) is 94.4 Å². The molecule has 0 aliphatic carbocycles. The monoisotopic (exact) mass is 384 g/mol. The maximum absolute atomic E-state index is 13.3. The van der Waals surface area contributed by atoms with E-state index in [1.807, 2.05) is 6.07 Å². The van der Waals surface area contributed by atoms with E-state index in [2.05, 4.69) is 22.8 Å². The summed E-state index contributed by atoms with van der Waals surface area (Å²) in [5.74, 6) is -0.200. The predicted molar refractivity (Wildman–Crippen MR) is 102 cm³/mol. The van der Waals surface area contributed by atoms with Crippen LogP contribution >= 0.6 is 0 Å². The summed E-state index contributed by atoms with van der Waals surface area (Å²) in [6.45, 7) is 3.02. The van der Waals surface area contributed by atoms with E-state index in [0.717, 1.165) is 37.0 Å². The van der Waals surface area contributed by atoms with Gasteiger partial charge >= 0.3 is 5.69 Å². The van der Waals surface area contributed by atoms with Gasteiger partial charge in [0.15, 0.2) is 0 Å². The molecule has 4 heterocycles.